The Kier molecular flexibility index (Phi) is 17.7. The summed E-state index contributed by atoms with van der Waals surface area (Å²) in [6, 6.07) is 3.46. The van der Waals surface area contributed by atoms with Crippen molar-refractivity contribution in [3.05, 3.63) is 69.9 Å². The first-order valence-corrected chi connectivity index (χ1v) is 17.3. The molecule has 1 heterocycles. The standard InChI is InChI=1S/C40H56O10/c1-25(2)14-11-15-26(3)16-12-17-27(4)18-13-19-28(5)20-21-34-23-35(29(6)22-36(34)46-30(7)41)50-40-39(49-33(10)44)38(48-32(9)43)37(24-45-40)47-31(8)42/h14,16,18,20,22-23,37-40H,11-13,15,17,19,21,24H2,1-10H3/b26-16+,27-18+,28-20+/t37-,38-,39+,40+/m1/s1. The van der Waals surface area contributed by atoms with Crippen LogP contribution in [-0.2, 0) is 44.5 Å². The predicted molar refractivity (Wildman–Crippen MR) is 192 cm³/mol. The van der Waals surface area contributed by atoms with Crippen LogP contribution in [0.4, 0.5) is 0 Å². The SMILES string of the molecule is CC(=O)Oc1cc(C)c(O[C@@H]2OC[C@@H](OC(C)=O)[C@@H](OC(C)=O)[C@@H]2OC(C)=O)cc1C/C=C(\C)CC/C=C(\C)CC/C=C(\C)CCC=C(C)C. The van der Waals surface area contributed by atoms with Gasteiger partial charge in [-0.05, 0) is 104 Å². The fourth-order valence-electron chi connectivity index (χ4n) is 5.45. The second-order valence-corrected chi connectivity index (χ2v) is 13.2. The molecule has 2 rings (SSSR count). The van der Waals surface area contributed by atoms with E-state index in [1.54, 1.807) is 19.1 Å². The first-order valence-electron chi connectivity index (χ1n) is 17.3. The van der Waals surface area contributed by atoms with Gasteiger partial charge >= 0.3 is 23.9 Å². The average molecular weight is 697 g/mol. The number of allylic oxidation sites excluding steroid dienone is 8. The van der Waals surface area contributed by atoms with E-state index in [-0.39, 0.29) is 6.61 Å². The van der Waals surface area contributed by atoms with Gasteiger partial charge in [0.2, 0.25) is 12.4 Å². The van der Waals surface area contributed by atoms with Crippen molar-refractivity contribution in [3.8, 4) is 11.5 Å². The van der Waals surface area contributed by atoms with E-state index in [1.807, 2.05) is 0 Å². The number of rotatable bonds is 17. The van der Waals surface area contributed by atoms with Crippen molar-refractivity contribution in [1.82, 2.24) is 0 Å². The van der Waals surface area contributed by atoms with Gasteiger partial charge in [0.25, 0.3) is 0 Å². The molecule has 1 aliphatic heterocycles. The minimum Gasteiger partial charge on any atom is -0.460 e. The molecule has 276 valence electrons. The highest BCUT2D eigenvalue weighted by atomic mass is 16.7. The highest BCUT2D eigenvalue weighted by Crippen LogP contribution is 2.33. The van der Waals surface area contributed by atoms with Gasteiger partial charge in [-0.15, -0.1) is 0 Å². The Morgan fingerprint density at radius 2 is 1.18 bits per heavy atom. The van der Waals surface area contributed by atoms with Gasteiger partial charge in [-0.3, -0.25) is 19.2 Å². The highest BCUT2D eigenvalue weighted by Gasteiger charge is 2.48. The number of ether oxygens (including phenoxy) is 6. The van der Waals surface area contributed by atoms with Crippen molar-refractivity contribution < 1.29 is 47.6 Å². The van der Waals surface area contributed by atoms with Crippen LogP contribution < -0.4 is 9.47 Å². The van der Waals surface area contributed by atoms with E-state index in [4.69, 9.17) is 28.4 Å². The molecule has 1 fully saturated rings. The lowest BCUT2D eigenvalue weighted by Gasteiger charge is -2.40. The number of hydrogen-bond acceptors (Lipinski definition) is 10. The fourth-order valence-corrected chi connectivity index (χ4v) is 5.45. The summed E-state index contributed by atoms with van der Waals surface area (Å²) < 4.78 is 33.9. The van der Waals surface area contributed by atoms with Crippen LogP contribution in [0.5, 0.6) is 11.5 Å². The lowest BCUT2D eigenvalue weighted by molar-refractivity contribution is -0.259. The summed E-state index contributed by atoms with van der Waals surface area (Å²) in [6.07, 6.45) is 10.9. The summed E-state index contributed by atoms with van der Waals surface area (Å²) in [7, 11) is 0. The summed E-state index contributed by atoms with van der Waals surface area (Å²) in [5.74, 6) is -1.60. The minimum atomic E-state index is -1.24. The number of benzene rings is 1. The molecule has 0 N–H and O–H groups in total. The molecular weight excluding hydrogens is 640 g/mol. The van der Waals surface area contributed by atoms with Gasteiger partial charge in [0, 0.05) is 33.3 Å². The Hall–Kier alpha value is -4.18. The van der Waals surface area contributed by atoms with Gasteiger partial charge in [0.1, 0.15) is 11.5 Å². The molecule has 1 aromatic carbocycles. The van der Waals surface area contributed by atoms with Crippen LogP contribution in [0.25, 0.3) is 0 Å². The normalized spacial score (nSPS) is 19.7. The van der Waals surface area contributed by atoms with Crippen LogP contribution in [0, 0.1) is 6.92 Å². The zero-order valence-electron chi connectivity index (χ0n) is 31.5. The highest BCUT2D eigenvalue weighted by molar-refractivity contribution is 5.70. The molecule has 0 saturated carbocycles. The first kappa shape index (κ1) is 42.0. The fraction of sp³-hybridized carbons (Fsp3) is 0.550. The van der Waals surface area contributed by atoms with Crippen molar-refractivity contribution >= 4 is 23.9 Å². The third-order valence-electron chi connectivity index (χ3n) is 7.98. The van der Waals surface area contributed by atoms with E-state index in [2.05, 4.69) is 58.9 Å². The van der Waals surface area contributed by atoms with E-state index in [9.17, 15) is 19.2 Å². The summed E-state index contributed by atoms with van der Waals surface area (Å²) in [6.45, 7) is 17.3. The Morgan fingerprint density at radius 3 is 1.70 bits per heavy atom. The molecule has 0 unspecified atom stereocenters. The van der Waals surface area contributed by atoms with E-state index < -0.39 is 48.5 Å². The summed E-state index contributed by atoms with van der Waals surface area (Å²) in [5, 5.41) is 0. The molecule has 0 amide bonds. The Labute approximate surface area is 297 Å². The van der Waals surface area contributed by atoms with Crippen LogP contribution in [-0.4, -0.2) is 55.1 Å². The van der Waals surface area contributed by atoms with Crippen molar-refractivity contribution in [1.29, 1.82) is 0 Å². The number of esters is 4. The maximum absolute atomic E-state index is 12.1. The summed E-state index contributed by atoms with van der Waals surface area (Å²) in [5.41, 5.74) is 6.68. The van der Waals surface area contributed by atoms with E-state index in [1.165, 1.54) is 50.0 Å². The first-order chi connectivity index (χ1) is 23.5. The smallest absolute Gasteiger partial charge is 0.308 e. The molecule has 1 aliphatic rings. The van der Waals surface area contributed by atoms with Gasteiger partial charge in [-0.1, -0.05) is 46.6 Å². The lowest BCUT2D eigenvalue weighted by Crippen LogP contribution is -2.59. The zero-order valence-corrected chi connectivity index (χ0v) is 31.5. The largest absolute Gasteiger partial charge is 0.460 e. The van der Waals surface area contributed by atoms with Crippen LogP contribution in [0.15, 0.2) is 58.7 Å². The van der Waals surface area contributed by atoms with Crippen molar-refractivity contribution in [2.45, 2.75) is 139 Å². The molecule has 0 aliphatic carbocycles. The van der Waals surface area contributed by atoms with Gasteiger partial charge < -0.3 is 28.4 Å². The number of hydrogen-bond donors (Lipinski definition) is 0. The van der Waals surface area contributed by atoms with E-state index in [0.29, 0.717) is 29.0 Å². The minimum absolute atomic E-state index is 0.166. The van der Waals surface area contributed by atoms with Crippen molar-refractivity contribution in [2.75, 3.05) is 6.61 Å². The number of carbonyl (C=O) groups excluding carboxylic acids is 4. The third kappa shape index (κ3) is 15.6. The van der Waals surface area contributed by atoms with Crippen LogP contribution >= 0.6 is 0 Å². The molecule has 1 aromatic rings. The number of carbonyl (C=O) groups is 4. The van der Waals surface area contributed by atoms with E-state index in [0.717, 1.165) is 38.5 Å². The molecule has 1 saturated heterocycles. The molecular formula is C40H56O10. The van der Waals surface area contributed by atoms with Crippen LogP contribution in [0.1, 0.15) is 112 Å². The molecule has 10 heteroatoms. The average Bonchev–Trinajstić information content (AvgIpc) is 2.99. The zero-order chi connectivity index (χ0) is 37.4. The maximum atomic E-state index is 12.1. The van der Waals surface area contributed by atoms with E-state index >= 15 is 0 Å². The quantitative estimate of drug-likeness (QED) is 0.0682. The van der Waals surface area contributed by atoms with Gasteiger partial charge in [0.05, 0.1) is 6.61 Å². The molecule has 4 atom stereocenters. The second-order valence-electron chi connectivity index (χ2n) is 13.2. The Bertz CT molecular complexity index is 1460. The van der Waals surface area contributed by atoms with Crippen molar-refractivity contribution in [2.24, 2.45) is 0 Å². The molecule has 0 spiro atoms. The molecule has 0 radical (unpaired) electrons. The summed E-state index contributed by atoms with van der Waals surface area (Å²) >= 11 is 0. The van der Waals surface area contributed by atoms with Crippen LogP contribution in [0.2, 0.25) is 0 Å². The topological polar surface area (TPSA) is 124 Å². The monoisotopic (exact) mass is 696 g/mol. The Morgan fingerprint density at radius 1 is 0.660 bits per heavy atom. The molecule has 50 heavy (non-hydrogen) atoms. The second kappa shape index (κ2) is 21.1. The lowest BCUT2D eigenvalue weighted by atomic mass is 10.0. The predicted octanol–water partition coefficient (Wildman–Crippen LogP) is 8.14. The Balaban J connectivity index is 2.19. The molecule has 0 aromatic heterocycles. The van der Waals surface area contributed by atoms with Gasteiger partial charge in [-0.2, -0.15) is 0 Å². The molecule has 10 nitrogen and oxygen atoms in total. The molecule has 0 bridgehead atoms. The van der Waals surface area contributed by atoms with Gasteiger partial charge in [0.15, 0.2) is 12.2 Å². The third-order valence-corrected chi connectivity index (χ3v) is 7.98. The number of aryl methyl sites for hydroxylation is 1. The maximum Gasteiger partial charge on any atom is 0.308 e. The van der Waals surface area contributed by atoms with Gasteiger partial charge in [-0.25, -0.2) is 0 Å². The van der Waals surface area contributed by atoms with Crippen LogP contribution in [0.3, 0.4) is 0 Å². The van der Waals surface area contributed by atoms with Crippen molar-refractivity contribution in [3.63, 3.8) is 0 Å². The summed E-state index contributed by atoms with van der Waals surface area (Å²) in [4.78, 5) is 47.7.